The number of hydrogen-bond acceptors (Lipinski definition) is 8. The van der Waals surface area contributed by atoms with Crippen molar-refractivity contribution < 1.29 is 33.9 Å². The predicted molar refractivity (Wildman–Crippen MR) is 86.9 cm³/mol. The summed E-state index contributed by atoms with van der Waals surface area (Å²) in [7, 11) is 0. The van der Waals surface area contributed by atoms with Gasteiger partial charge in [0.15, 0.2) is 0 Å². The van der Waals surface area contributed by atoms with Gasteiger partial charge in [0.25, 0.3) is 0 Å². The number of rotatable bonds is 16. The molecule has 0 amide bonds. The Morgan fingerprint density at radius 2 is 1.00 bits per heavy atom. The van der Waals surface area contributed by atoms with Crippen LogP contribution in [-0.2, 0) is 23.7 Å². The van der Waals surface area contributed by atoms with Gasteiger partial charge in [-0.05, 0) is 0 Å². The van der Waals surface area contributed by atoms with Gasteiger partial charge in [0.05, 0.1) is 85.6 Å². The molecule has 0 atom stereocenters. The Kier molecular flexibility index (Phi) is 21.0. The van der Waals surface area contributed by atoms with Crippen molar-refractivity contribution in [2.24, 2.45) is 0 Å². The zero-order valence-electron chi connectivity index (χ0n) is 14.1. The standard InChI is InChI=1S/C12H26O7.C3H4N2/c13-1-3-15-5-7-17-9-11-19-12-10-18-8-6-16-4-2-14;1-2-5-3-4-1/h13-14H,1-12H2;1-3H,(H,4,5). The second-order valence-corrected chi connectivity index (χ2v) is 4.27. The van der Waals surface area contributed by atoms with E-state index in [1.807, 2.05) is 0 Å². The Bertz CT molecular complexity index is 269. The Labute approximate surface area is 142 Å². The molecule has 0 saturated heterocycles. The fourth-order valence-electron chi connectivity index (χ4n) is 1.33. The summed E-state index contributed by atoms with van der Waals surface area (Å²) in [6.07, 6.45) is 5.08. The highest BCUT2D eigenvalue weighted by molar-refractivity contribution is 4.64. The van der Waals surface area contributed by atoms with Crippen LogP contribution in [0.25, 0.3) is 0 Å². The van der Waals surface area contributed by atoms with Crippen molar-refractivity contribution in [1.29, 1.82) is 0 Å². The van der Waals surface area contributed by atoms with Crippen LogP contribution in [0, 0.1) is 0 Å². The third-order valence-electron chi connectivity index (χ3n) is 2.37. The van der Waals surface area contributed by atoms with E-state index in [9.17, 15) is 0 Å². The summed E-state index contributed by atoms with van der Waals surface area (Å²) in [5.41, 5.74) is 0. The molecule has 9 heteroatoms. The van der Waals surface area contributed by atoms with Crippen LogP contribution < -0.4 is 0 Å². The number of nitrogens with zero attached hydrogens (tertiary/aromatic N) is 1. The first-order chi connectivity index (χ1) is 11.9. The monoisotopic (exact) mass is 350 g/mol. The molecule has 142 valence electrons. The van der Waals surface area contributed by atoms with E-state index in [0.29, 0.717) is 66.1 Å². The molecule has 1 rings (SSSR count). The average Bonchev–Trinajstić information content (AvgIpc) is 3.18. The number of aromatic amines is 1. The maximum atomic E-state index is 8.45. The highest BCUT2D eigenvalue weighted by atomic mass is 16.6. The normalized spacial score (nSPS) is 10.4. The molecule has 0 spiro atoms. The summed E-state index contributed by atoms with van der Waals surface area (Å²) in [5.74, 6) is 0. The van der Waals surface area contributed by atoms with Crippen LogP contribution in [0.1, 0.15) is 0 Å². The fourth-order valence-corrected chi connectivity index (χ4v) is 1.33. The first-order valence-corrected chi connectivity index (χ1v) is 7.95. The van der Waals surface area contributed by atoms with E-state index in [-0.39, 0.29) is 13.2 Å². The SMILES string of the molecule is OCCOCCOCCOCCOCCOCCO.c1c[nH]cn1. The second kappa shape index (κ2) is 21.9. The van der Waals surface area contributed by atoms with Crippen LogP contribution in [0.2, 0.25) is 0 Å². The lowest BCUT2D eigenvalue weighted by Crippen LogP contribution is -2.14. The van der Waals surface area contributed by atoms with Gasteiger partial charge in [0.1, 0.15) is 0 Å². The maximum Gasteiger partial charge on any atom is 0.0919 e. The van der Waals surface area contributed by atoms with Crippen molar-refractivity contribution in [2.45, 2.75) is 0 Å². The van der Waals surface area contributed by atoms with E-state index in [2.05, 4.69) is 9.97 Å². The summed E-state index contributed by atoms with van der Waals surface area (Å²) < 4.78 is 25.8. The molecular formula is C15H30N2O7. The van der Waals surface area contributed by atoms with Gasteiger partial charge >= 0.3 is 0 Å². The van der Waals surface area contributed by atoms with Gasteiger partial charge in [0.2, 0.25) is 0 Å². The lowest BCUT2D eigenvalue weighted by Gasteiger charge is -2.07. The summed E-state index contributed by atoms with van der Waals surface area (Å²) in [6, 6.07) is 0. The number of hydrogen-bond donors (Lipinski definition) is 3. The molecule has 9 nitrogen and oxygen atoms in total. The van der Waals surface area contributed by atoms with Gasteiger partial charge in [-0.15, -0.1) is 0 Å². The van der Waals surface area contributed by atoms with Crippen LogP contribution in [0.5, 0.6) is 0 Å². The van der Waals surface area contributed by atoms with Crippen molar-refractivity contribution in [2.75, 3.05) is 79.3 Å². The minimum Gasteiger partial charge on any atom is -0.394 e. The molecule has 0 aliphatic rings. The molecule has 0 aliphatic heterocycles. The molecule has 0 aliphatic carbocycles. The quantitative estimate of drug-likeness (QED) is 0.341. The number of imidazole rings is 1. The second-order valence-electron chi connectivity index (χ2n) is 4.27. The topological polar surface area (TPSA) is 115 Å². The van der Waals surface area contributed by atoms with Crippen molar-refractivity contribution in [3.63, 3.8) is 0 Å². The van der Waals surface area contributed by atoms with Gasteiger partial charge in [-0.2, -0.15) is 0 Å². The lowest BCUT2D eigenvalue weighted by molar-refractivity contribution is -0.0151. The number of H-pyrrole nitrogens is 1. The summed E-state index contributed by atoms with van der Waals surface area (Å²) in [6.45, 7) is 4.80. The van der Waals surface area contributed by atoms with Gasteiger partial charge in [0, 0.05) is 12.4 Å². The summed E-state index contributed by atoms with van der Waals surface area (Å²) in [5, 5.41) is 16.9. The molecule has 24 heavy (non-hydrogen) atoms. The Morgan fingerprint density at radius 3 is 1.21 bits per heavy atom. The summed E-state index contributed by atoms with van der Waals surface area (Å²) >= 11 is 0. The zero-order valence-corrected chi connectivity index (χ0v) is 14.1. The number of aliphatic hydroxyl groups excluding tert-OH is 2. The highest BCUT2D eigenvalue weighted by Crippen LogP contribution is 1.83. The van der Waals surface area contributed by atoms with Crippen molar-refractivity contribution >= 4 is 0 Å². The third kappa shape index (κ3) is 20.9. The van der Waals surface area contributed by atoms with Crippen LogP contribution in [-0.4, -0.2) is 99.5 Å². The Morgan fingerprint density at radius 1 is 0.625 bits per heavy atom. The fraction of sp³-hybridized carbons (Fsp3) is 0.800. The van der Waals surface area contributed by atoms with Crippen LogP contribution in [0.4, 0.5) is 0 Å². The first kappa shape index (κ1) is 22.9. The van der Waals surface area contributed by atoms with Crippen LogP contribution in [0.3, 0.4) is 0 Å². The molecule has 0 bridgehead atoms. The largest absolute Gasteiger partial charge is 0.394 e. The molecular weight excluding hydrogens is 320 g/mol. The van der Waals surface area contributed by atoms with Crippen LogP contribution in [0.15, 0.2) is 18.7 Å². The van der Waals surface area contributed by atoms with Gasteiger partial charge in [-0.1, -0.05) is 0 Å². The molecule has 3 N–H and O–H groups in total. The molecule has 1 aromatic heterocycles. The molecule has 0 saturated carbocycles. The van der Waals surface area contributed by atoms with E-state index in [1.165, 1.54) is 0 Å². The first-order valence-electron chi connectivity index (χ1n) is 7.95. The number of ether oxygens (including phenoxy) is 5. The maximum absolute atomic E-state index is 8.45. The summed E-state index contributed by atoms with van der Waals surface area (Å²) in [4.78, 5) is 6.42. The average molecular weight is 350 g/mol. The molecule has 1 aromatic rings. The molecule has 0 fully saturated rings. The van der Waals surface area contributed by atoms with Gasteiger partial charge in [-0.25, -0.2) is 4.98 Å². The number of nitrogens with one attached hydrogen (secondary N) is 1. The third-order valence-corrected chi connectivity index (χ3v) is 2.37. The number of aliphatic hydroxyl groups is 2. The minimum atomic E-state index is 0.0359. The highest BCUT2D eigenvalue weighted by Gasteiger charge is 1.92. The Hall–Kier alpha value is -1.07. The minimum absolute atomic E-state index is 0.0359. The number of aromatic nitrogens is 2. The molecule has 1 heterocycles. The van der Waals surface area contributed by atoms with E-state index < -0.39 is 0 Å². The van der Waals surface area contributed by atoms with Gasteiger partial charge < -0.3 is 38.9 Å². The Balaban J connectivity index is 0.000000889. The van der Waals surface area contributed by atoms with E-state index in [4.69, 9.17) is 33.9 Å². The van der Waals surface area contributed by atoms with Gasteiger partial charge in [-0.3, -0.25) is 0 Å². The molecule has 0 radical (unpaired) electrons. The smallest absolute Gasteiger partial charge is 0.0919 e. The van der Waals surface area contributed by atoms with Crippen LogP contribution >= 0.6 is 0 Å². The van der Waals surface area contributed by atoms with Crippen molar-refractivity contribution in [3.05, 3.63) is 18.7 Å². The van der Waals surface area contributed by atoms with E-state index in [0.717, 1.165) is 0 Å². The molecule has 0 unspecified atom stereocenters. The van der Waals surface area contributed by atoms with Crippen molar-refractivity contribution in [1.82, 2.24) is 9.97 Å². The lowest BCUT2D eigenvalue weighted by atomic mass is 10.7. The predicted octanol–water partition coefficient (Wildman–Crippen LogP) is -0.536. The molecule has 0 aromatic carbocycles. The van der Waals surface area contributed by atoms with E-state index in [1.54, 1.807) is 18.7 Å². The van der Waals surface area contributed by atoms with E-state index >= 15 is 0 Å². The van der Waals surface area contributed by atoms with Crippen molar-refractivity contribution in [3.8, 4) is 0 Å². The zero-order chi connectivity index (χ0) is 17.6.